The number of aromatic nitrogens is 1. The number of ether oxygens (including phenoxy) is 1. The molecule has 1 aromatic carbocycles. The van der Waals surface area contributed by atoms with E-state index in [0.29, 0.717) is 16.1 Å². The molecular formula is C13H12N2O3S. The van der Waals surface area contributed by atoms with Crippen LogP contribution >= 0.6 is 11.3 Å². The Balaban J connectivity index is 2.15. The van der Waals surface area contributed by atoms with E-state index in [0.717, 1.165) is 5.01 Å². The van der Waals surface area contributed by atoms with Crippen molar-refractivity contribution in [1.29, 1.82) is 0 Å². The summed E-state index contributed by atoms with van der Waals surface area (Å²) in [5.41, 5.74) is 0.930. The number of benzene rings is 1. The lowest BCUT2D eigenvalue weighted by Crippen LogP contribution is -2.11. The van der Waals surface area contributed by atoms with Crippen molar-refractivity contribution in [3.63, 3.8) is 0 Å². The highest BCUT2D eigenvalue weighted by Crippen LogP contribution is 2.16. The number of nitrogens with one attached hydrogen (secondary N) is 1. The van der Waals surface area contributed by atoms with Crippen molar-refractivity contribution in [1.82, 2.24) is 4.98 Å². The molecule has 0 aliphatic heterocycles. The Morgan fingerprint density at radius 3 is 2.79 bits per heavy atom. The molecule has 0 radical (unpaired) electrons. The molecule has 0 saturated carbocycles. The molecule has 19 heavy (non-hydrogen) atoms. The highest BCUT2D eigenvalue weighted by Gasteiger charge is 2.11. The summed E-state index contributed by atoms with van der Waals surface area (Å²) in [4.78, 5) is 27.9. The van der Waals surface area contributed by atoms with E-state index in [4.69, 9.17) is 0 Å². The van der Waals surface area contributed by atoms with Crippen molar-refractivity contribution in [3.8, 4) is 0 Å². The Labute approximate surface area is 114 Å². The Morgan fingerprint density at radius 1 is 1.37 bits per heavy atom. The first-order valence-corrected chi connectivity index (χ1v) is 6.34. The van der Waals surface area contributed by atoms with E-state index >= 15 is 0 Å². The van der Waals surface area contributed by atoms with E-state index in [1.165, 1.54) is 24.6 Å². The van der Waals surface area contributed by atoms with Crippen molar-refractivity contribution >= 4 is 28.9 Å². The van der Waals surface area contributed by atoms with Crippen LogP contribution in [0, 0.1) is 6.92 Å². The van der Waals surface area contributed by atoms with E-state index in [1.807, 2.05) is 6.92 Å². The minimum atomic E-state index is -0.440. The lowest BCUT2D eigenvalue weighted by Gasteiger charge is -2.05. The average molecular weight is 276 g/mol. The Kier molecular flexibility index (Phi) is 3.91. The van der Waals surface area contributed by atoms with Crippen LogP contribution in [0.4, 0.5) is 5.69 Å². The number of esters is 1. The van der Waals surface area contributed by atoms with Gasteiger partial charge in [0.1, 0.15) is 4.88 Å². The number of carbonyl (C=O) groups excluding carboxylic acids is 2. The van der Waals surface area contributed by atoms with Gasteiger partial charge in [-0.2, -0.15) is 0 Å². The maximum absolute atomic E-state index is 11.9. The summed E-state index contributed by atoms with van der Waals surface area (Å²) in [5.74, 6) is -0.683. The summed E-state index contributed by atoms with van der Waals surface area (Å²) < 4.78 is 4.62. The van der Waals surface area contributed by atoms with Gasteiger partial charge in [-0.25, -0.2) is 9.78 Å². The minimum Gasteiger partial charge on any atom is -0.465 e. The first-order chi connectivity index (χ1) is 9.10. The van der Waals surface area contributed by atoms with Crippen molar-refractivity contribution in [2.24, 2.45) is 0 Å². The van der Waals surface area contributed by atoms with Gasteiger partial charge in [0.15, 0.2) is 0 Å². The van der Waals surface area contributed by atoms with E-state index in [2.05, 4.69) is 15.0 Å². The molecule has 98 valence electrons. The fourth-order valence-corrected chi connectivity index (χ4v) is 2.17. The van der Waals surface area contributed by atoms with E-state index < -0.39 is 5.97 Å². The largest absolute Gasteiger partial charge is 0.465 e. The van der Waals surface area contributed by atoms with Gasteiger partial charge in [0.25, 0.3) is 5.91 Å². The zero-order valence-corrected chi connectivity index (χ0v) is 11.3. The number of hydrogen-bond donors (Lipinski definition) is 1. The maximum Gasteiger partial charge on any atom is 0.337 e. The van der Waals surface area contributed by atoms with Crippen molar-refractivity contribution < 1.29 is 14.3 Å². The Morgan fingerprint density at radius 2 is 2.16 bits per heavy atom. The number of aryl methyl sites for hydroxylation is 1. The zero-order valence-electron chi connectivity index (χ0n) is 10.5. The number of rotatable bonds is 3. The van der Waals surface area contributed by atoms with Crippen LogP contribution in [0.2, 0.25) is 0 Å². The molecule has 2 aromatic rings. The maximum atomic E-state index is 11.9. The third kappa shape index (κ3) is 3.17. The number of nitrogens with zero attached hydrogens (tertiary/aromatic N) is 1. The van der Waals surface area contributed by atoms with E-state index in [-0.39, 0.29) is 5.91 Å². The van der Waals surface area contributed by atoms with E-state index in [9.17, 15) is 9.59 Å². The quantitative estimate of drug-likeness (QED) is 0.874. The molecular weight excluding hydrogens is 264 g/mol. The van der Waals surface area contributed by atoms with Crippen molar-refractivity contribution in [2.75, 3.05) is 12.4 Å². The van der Waals surface area contributed by atoms with Gasteiger partial charge in [0.2, 0.25) is 0 Å². The standard InChI is InChI=1S/C13H12N2O3S/c1-8-14-7-11(19-8)12(16)15-10-5-3-4-9(6-10)13(17)18-2/h3-7H,1-2H3,(H,15,16). The normalized spacial score (nSPS) is 10.0. The predicted octanol–water partition coefficient (Wildman–Crippen LogP) is 2.49. The van der Waals surface area contributed by atoms with Crippen LogP contribution in [0.25, 0.3) is 0 Å². The van der Waals surface area contributed by atoms with Crippen LogP contribution in [0.15, 0.2) is 30.5 Å². The highest BCUT2D eigenvalue weighted by molar-refractivity contribution is 7.13. The Bertz CT molecular complexity index is 622. The molecule has 0 fully saturated rings. The zero-order chi connectivity index (χ0) is 13.8. The monoisotopic (exact) mass is 276 g/mol. The second kappa shape index (κ2) is 5.62. The number of methoxy groups -OCH3 is 1. The molecule has 1 N–H and O–H groups in total. The number of thiazole rings is 1. The van der Waals surface area contributed by atoms with Gasteiger partial charge < -0.3 is 10.1 Å². The third-order valence-electron chi connectivity index (χ3n) is 2.39. The minimum absolute atomic E-state index is 0.243. The molecule has 5 nitrogen and oxygen atoms in total. The van der Waals surface area contributed by atoms with Gasteiger partial charge in [-0.05, 0) is 25.1 Å². The number of amides is 1. The summed E-state index contributed by atoms with van der Waals surface area (Å²) >= 11 is 1.32. The van der Waals surface area contributed by atoms with Crippen molar-refractivity contribution in [3.05, 3.63) is 45.9 Å². The third-order valence-corrected chi connectivity index (χ3v) is 3.30. The second-order valence-electron chi connectivity index (χ2n) is 3.77. The van der Waals surface area contributed by atoms with Crippen LogP contribution in [-0.2, 0) is 4.74 Å². The lowest BCUT2D eigenvalue weighted by molar-refractivity contribution is 0.0600. The molecule has 0 atom stereocenters. The number of hydrogen-bond acceptors (Lipinski definition) is 5. The first-order valence-electron chi connectivity index (χ1n) is 5.52. The second-order valence-corrected chi connectivity index (χ2v) is 5.00. The van der Waals surface area contributed by atoms with Crippen LogP contribution in [0.1, 0.15) is 25.0 Å². The van der Waals surface area contributed by atoms with E-state index in [1.54, 1.807) is 24.3 Å². The van der Waals surface area contributed by atoms with Gasteiger partial charge in [0, 0.05) is 5.69 Å². The molecule has 0 saturated heterocycles. The first kappa shape index (κ1) is 13.2. The van der Waals surface area contributed by atoms with Gasteiger partial charge in [0.05, 0.1) is 23.9 Å². The fourth-order valence-electron chi connectivity index (χ4n) is 1.50. The van der Waals surface area contributed by atoms with Crippen LogP contribution in [0.3, 0.4) is 0 Å². The summed E-state index contributed by atoms with van der Waals surface area (Å²) in [5, 5.41) is 3.54. The van der Waals surface area contributed by atoms with Crippen LogP contribution in [-0.4, -0.2) is 24.0 Å². The molecule has 0 spiro atoms. The topological polar surface area (TPSA) is 68.3 Å². The summed E-state index contributed by atoms with van der Waals surface area (Å²) in [6.07, 6.45) is 1.53. The molecule has 0 aliphatic carbocycles. The summed E-state index contributed by atoms with van der Waals surface area (Å²) in [6.45, 7) is 1.83. The molecule has 1 aromatic heterocycles. The SMILES string of the molecule is COC(=O)c1cccc(NC(=O)c2cnc(C)s2)c1. The molecule has 0 unspecified atom stereocenters. The van der Waals surface area contributed by atoms with Crippen LogP contribution < -0.4 is 5.32 Å². The number of anilines is 1. The molecule has 0 aliphatic rings. The molecule has 1 heterocycles. The lowest BCUT2D eigenvalue weighted by atomic mass is 10.2. The molecule has 2 rings (SSSR count). The van der Waals surface area contributed by atoms with Gasteiger partial charge in [-0.3, -0.25) is 4.79 Å². The van der Waals surface area contributed by atoms with Crippen molar-refractivity contribution in [2.45, 2.75) is 6.92 Å². The van der Waals surface area contributed by atoms with Gasteiger partial charge >= 0.3 is 5.97 Å². The fraction of sp³-hybridized carbons (Fsp3) is 0.154. The van der Waals surface area contributed by atoms with Gasteiger partial charge in [-0.1, -0.05) is 6.07 Å². The average Bonchev–Trinajstić information content (AvgIpc) is 2.85. The summed E-state index contributed by atoms with van der Waals surface area (Å²) in [6, 6.07) is 6.58. The van der Waals surface area contributed by atoms with Gasteiger partial charge in [-0.15, -0.1) is 11.3 Å². The smallest absolute Gasteiger partial charge is 0.337 e. The number of carbonyl (C=O) groups is 2. The predicted molar refractivity (Wildman–Crippen MR) is 72.6 cm³/mol. The summed E-state index contributed by atoms with van der Waals surface area (Å²) in [7, 11) is 1.31. The highest BCUT2D eigenvalue weighted by atomic mass is 32.1. The Hall–Kier alpha value is -2.21. The molecule has 0 bridgehead atoms. The van der Waals surface area contributed by atoms with Crippen LogP contribution in [0.5, 0.6) is 0 Å². The molecule has 1 amide bonds. The molecule has 6 heteroatoms.